The lowest BCUT2D eigenvalue weighted by Gasteiger charge is -2.14. The Bertz CT molecular complexity index is 945. The number of benzene rings is 1. The first kappa shape index (κ1) is 19.7. The highest BCUT2D eigenvalue weighted by Gasteiger charge is 2.21. The van der Waals surface area contributed by atoms with Crippen molar-refractivity contribution in [2.75, 3.05) is 11.1 Å². The SMILES string of the molecule is CCn1c(Cc2ccccc2)nnc1SCC(=O)Nc1ccnn1C1CCCC1. The molecule has 3 aromatic rings. The molecule has 0 spiro atoms. The molecule has 0 unspecified atom stereocenters. The Kier molecular flexibility index (Phi) is 6.29. The molecule has 2 aromatic heterocycles. The van der Waals surface area contributed by atoms with Crippen molar-refractivity contribution in [2.24, 2.45) is 0 Å². The van der Waals surface area contributed by atoms with Crippen molar-refractivity contribution in [1.29, 1.82) is 0 Å². The van der Waals surface area contributed by atoms with Crippen LogP contribution < -0.4 is 5.32 Å². The number of nitrogens with zero attached hydrogens (tertiary/aromatic N) is 5. The quantitative estimate of drug-likeness (QED) is 0.569. The lowest BCUT2D eigenvalue weighted by Crippen LogP contribution is -2.19. The summed E-state index contributed by atoms with van der Waals surface area (Å²) >= 11 is 1.42. The number of hydrogen-bond donors (Lipinski definition) is 1. The molecule has 8 heteroatoms. The normalized spacial score (nSPS) is 14.4. The summed E-state index contributed by atoms with van der Waals surface area (Å²) < 4.78 is 4.04. The molecule has 1 amide bonds. The number of hydrogen-bond acceptors (Lipinski definition) is 5. The van der Waals surface area contributed by atoms with Crippen LogP contribution in [0.25, 0.3) is 0 Å². The van der Waals surface area contributed by atoms with E-state index < -0.39 is 0 Å². The summed E-state index contributed by atoms with van der Waals surface area (Å²) in [7, 11) is 0. The second-order valence-corrected chi connectivity index (χ2v) is 8.18. The minimum atomic E-state index is -0.0509. The fourth-order valence-corrected chi connectivity index (χ4v) is 4.64. The van der Waals surface area contributed by atoms with E-state index in [0.717, 1.165) is 42.6 Å². The number of nitrogens with one attached hydrogen (secondary N) is 1. The van der Waals surface area contributed by atoms with E-state index in [1.807, 2.05) is 28.9 Å². The Labute approximate surface area is 174 Å². The zero-order valence-corrected chi connectivity index (χ0v) is 17.4. The lowest BCUT2D eigenvalue weighted by molar-refractivity contribution is -0.113. The van der Waals surface area contributed by atoms with Crippen LogP contribution in [0.1, 0.15) is 50.0 Å². The van der Waals surface area contributed by atoms with E-state index in [-0.39, 0.29) is 5.91 Å². The molecular weight excluding hydrogens is 384 g/mol. The molecule has 0 radical (unpaired) electrons. The van der Waals surface area contributed by atoms with Gasteiger partial charge in [-0.15, -0.1) is 10.2 Å². The number of amides is 1. The highest BCUT2D eigenvalue weighted by atomic mass is 32.2. The Hall–Kier alpha value is -2.61. The summed E-state index contributed by atoms with van der Waals surface area (Å²) in [4.78, 5) is 12.5. The minimum absolute atomic E-state index is 0.0509. The Morgan fingerprint density at radius 3 is 2.72 bits per heavy atom. The largest absolute Gasteiger partial charge is 0.310 e. The molecule has 152 valence electrons. The first-order valence-electron chi connectivity index (χ1n) is 10.2. The molecule has 2 heterocycles. The molecule has 4 rings (SSSR count). The third kappa shape index (κ3) is 4.70. The molecule has 1 N–H and O–H groups in total. The number of rotatable bonds is 8. The van der Waals surface area contributed by atoms with Gasteiger partial charge in [0.1, 0.15) is 11.6 Å². The van der Waals surface area contributed by atoms with Crippen molar-refractivity contribution in [3.05, 3.63) is 54.0 Å². The third-order valence-corrected chi connectivity index (χ3v) is 6.22. The maximum atomic E-state index is 12.5. The number of anilines is 1. The van der Waals surface area contributed by atoms with Gasteiger partial charge in [0.25, 0.3) is 0 Å². The number of thioether (sulfide) groups is 1. The second kappa shape index (κ2) is 9.26. The Balaban J connectivity index is 1.37. The van der Waals surface area contributed by atoms with Crippen LogP contribution in [0.2, 0.25) is 0 Å². The lowest BCUT2D eigenvalue weighted by atomic mass is 10.1. The first-order valence-corrected chi connectivity index (χ1v) is 11.2. The van der Waals surface area contributed by atoms with Crippen LogP contribution in [0, 0.1) is 0 Å². The number of carbonyl (C=O) groups excluding carboxylic acids is 1. The molecule has 1 fully saturated rings. The molecule has 0 atom stereocenters. The van der Waals surface area contributed by atoms with E-state index in [1.54, 1.807) is 6.20 Å². The third-order valence-electron chi connectivity index (χ3n) is 5.26. The topological polar surface area (TPSA) is 77.6 Å². The van der Waals surface area contributed by atoms with Gasteiger partial charge in [-0.3, -0.25) is 4.79 Å². The molecule has 7 nitrogen and oxygen atoms in total. The molecule has 1 aromatic carbocycles. The van der Waals surface area contributed by atoms with Crippen LogP contribution in [-0.2, 0) is 17.8 Å². The van der Waals surface area contributed by atoms with Gasteiger partial charge in [0, 0.05) is 19.0 Å². The monoisotopic (exact) mass is 410 g/mol. The summed E-state index contributed by atoms with van der Waals surface area (Å²) in [6.07, 6.45) is 7.20. The van der Waals surface area contributed by atoms with Crippen molar-refractivity contribution in [3.63, 3.8) is 0 Å². The molecule has 1 saturated carbocycles. The van der Waals surface area contributed by atoms with Crippen LogP contribution in [0.4, 0.5) is 5.82 Å². The molecular formula is C21H26N6OS. The van der Waals surface area contributed by atoms with Crippen LogP contribution in [0.3, 0.4) is 0 Å². The molecule has 0 aliphatic heterocycles. The van der Waals surface area contributed by atoms with Crippen LogP contribution in [0.5, 0.6) is 0 Å². The Morgan fingerprint density at radius 2 is 1.97 bits per heavy atom. The standard InChI is InChI=1S/C21H26N6OS/c1-2-26-19(14-16-8-4-3-5-9-16)24-25-21(26)29-15-20(28)23-18-12-13-22-27(18)17-10-6-7-11-17/h3-5,8-9,12-13,17H,2,6-7,10-11,14-15H2,1H3,(H,23,28). The maximum Gasteiger partial charge on any atom is 0.235 e. The van der Waals surface area contributed by atoms with Gasteiger partial charge in [-0.1, -0.05) is 54.9 Å². The van der Waals surface area contributed by atoms with Gasteiger partial charge < -0.3 is 9.88 Å². The van der Waals surface area contributed by atoms with Crippen molar-refractivity contribution < 1.29 is 4.79 Å². The van der Waals surface area contributed by atoms with Gasteiger partial charge in [0.2, 0.25) is 5.91 Å². The van der Waals surface area contributed by atoms with Gasteiger partial charge in [0.15, 0.2) is 5.16 Å². The summed E-state index contributed by atoms with van der Waals surface area (Å²) in [5.74, 6) is 1.94. The van der Waals surface area contributed by atoms with Crippen molar-refractivity contribution in [1.82, 2.24) is 24.5 Å². The summed E-state index contributed by atoms with van der Waals surface area (Å²) in [6.45, 7) is 2.84. The van der Waals surface area contributed by atoms with Crippen LogP contribution in [0.15, 0.2) is 47.8 Å². The van der Waals surface area contributed by atoms with E-state index >= 15 is 0 Å². The fraction of sp³-hybridized carbons (Fsp3) is 0.429. The highest BCUT2D eigenvalue weighted by molar-refractivity contribution is 7.99. The molecule has 29 heavy (non-hydrogen) atoms. The van der Waals surface area contributed by atoms with Gasteiger partial charge >= 0.3 is 0 Å². The average Bonchev–Trinajstić information content (AvgIpc) is 3.48. The molecule has 0 saturated heterocycles. The number of aromatic nitrogens is 5. The van der Waals surface area contributed by atoms with Crippen LogP contribution >= 0.6 is 11.8 Å². The zero-order valence-electron chi connectivity index (χ0n) is 16.6. The van der Waals surface area contributed by atoms with Crippen molar-refractivity contribution in [3.8, 4) is 0 Å². The van der Waals surface area contributed by atoms with Gasteiger partial charge in [-0.25, -0.2) is 4.68 Å². The van der Waals surface area contributed by atoms with Crippen molar-refractivity contribution >= 4 is 23.5 Å². The summed E-state index contributed by atoms with van der Waals surface area (Å²) in [5.41, 5.74) is 1.20. The van der Waals surface area contributed by atoms with E-state index in [2.05, 4.69) is 44.2 Å². The van der Waals surface area contributed by atoms with E-state index in [9.17, 15) is 4.79 Å². The van der Waals surface area contributed by atoms with Gasteiger partial charge in [-0.05, 0) is 25.3 Å². The number of carbonyl (C=O) groups is 1. The summed E-state index contributed by atoms with van der Waals surface area (Å²) in [6, 6.07) is 12.5. The van der Waals surface area contributed by atoms with Gasteiger partial charge in [-0.2, -0.15) is 5.10 Å². The molecule has 1 aliphatic rings. The minimum Gasteiger partial charge on any atom is -0.310 e. The predicted molar refractivity (Wildman–Crippen MR) is 114 cm³/mol. The molecule has 0 bridgehead atoms. The summed E-state index contributed by atoms with van der Waals surface area (Å²) in [5, 5.41) is 16.8. The zero-order chi connectivity index (χ0) is 20.1. The van der Waals surface area contributed by atoms with Gasteiger partial charge in [0.05, 0.1) is 18.0 Å². The fourth-order valence-electron chi connectivity index (χ4n) is 3.81. The second-order valence-electron chi connectivity index (χ2n) is 7.24. The van der Waals surface area contributed by atoms with E-state index in [1.165, 1.54) is 30.2 Å². The Morgan fingerprint density at radius 1 is 1.17 bits per heavy atom. The highest BCUT2D eigenvalue weighted by Crippen LogP contribution is 2.31. The maximum absolute atomic E-state index is 12.5. The first-order chi connectivity index (χ1) is 14.2. The molecule has 1 aliphatic carbocycles. The van der Waals surface area contributed by atoms with Crippen LogP contribution in [-0.4, -0.2) is 36.2 Å². The predicted octanol–water partition coefficient (Wildman–Crippen LogP) is 3.93. The van der Waals surface area contributed by atoms with E-state index in [4.69, 9.17) is 0 Å². The average molecular weight is 411 g/mol. The smallest absolute Gasteiger partial charge is 0.235 e. The van der Waals surface area contributed by atoms with Crippen molar-refractivity contribution in [2.45, 2.75) is 56.8 Å². The van der Waals surface area contributed by atoms with E-state index in [0.29, 0.717) is 11.8 Å².